The van der Waals surface area contributed by atoms with Gasteiger partial charge < -0.3 is 9.64 Å². The van der Waals surface area contributed by atoms with Gasteiger partial charge in [0.2, 0.25) is 0 Å². The maximum absolute atomic E-state index is 5.96. The quantitative estimate of drug-likeness (QED) is 0.543. The van der Waals surface area contributed by atoms with E-state index in [4.69, 9.17) is 4.74 Å². The first kappa shape index (κ1) is 18.9. The van der Waals surface area contributed by atoms with Crippen LogP contribution in [0.4, 0.5) is 5.69 Å². The Morgan fingerprint density at radius 1 is 0.926 bits per heavy atom. The van der Waals surface area contributed by atoms with Gasteiger partial charge >= 0.3 is 0 Å². The Morgan fingerprint density at radius 3 is 2.41 bits per heavy atom. The van der Waals surface area contributed by atoms with Crippen LogP contribution in [0.3, 0.4) is 0 Å². The first-order chi connectivity index (χ1) is 13.1. The lowest BCUT2D eigenvalue weighted by molar-refractivity contribution is 0.311. The van der Waals surface area contributed by atoms with E-state index in [1.807, 2.05) is 31.5 Å². The summed E-state index contributed by atoms with van der Waals surface area (Å²) in [6.45, 7) is 5.49. The predicted molar refractivity (Wildman–Crippen MR) is 110 cm³/mol. The average Bonchev–Trinajstić information content (AvgIpc) is 2.69. The topological polar surface area (TPSA) is 38.2 Å². The lowest BCUT2D eigenvalue weighted by Crippen LogP contribution is -2.16. The molecular weight excluding hydrogens is 334 g/mol. The highest BCUT2D eigenvalue weighted by Crippen LogP contribution is 2.22. The fraction of sp³-hybridized carbons (Fsp3) is 0.304. The van der Waals surface area contributed by atoms with Gasteiger partial charge in [0.1, 0.15) is 11.6 Å². The van der Waals surface area contributed by atoms with Crippen LogP contribution in [0.15, 0.2) is 60.9 Å². The third-order valence-electron chi connectivity index (χ3n) is 4.51. The van der Waals surface area contributed by atoms with Gasteiger partial charge in [0, 0.05) is 43.3 Å². The molecule has 4 nitrogen and oxygen atoms in total. The van der Waals surface area contributed by atoms with Gasteiger partial charge in [0.25, 0.3) is 0 Å². The Balaban J connectivity index is 1.50. The molecule has 0 amide bonds. The Labute approximate surface area is 161 Å². The average molecular weight is 361 g/mol. The van der Waals surface area contributed by atoms with Crippen molar-refractivity contribution < 1.29 is 4.74 Å². The molecule has 1 aromatic heterocycles. The monoisotopic (exact) mass is 361 g/mol. The minimum atomic E-state index is 0.715. The van der Waals surface area contributed by atoms with Gasteiger partial charge in [0.15, 0.2) is 0 Å². The van der Waals surface area contributed by atoms with E-state index in [1.54, 1.807) is 0 Å². The smallest absolute Gasteiger partial charge is 0.125 e. The summed E-state index contributed by atoms with van der Waals surface area (Å²) < 4.78 is 5.96. The van der Waals surface area contributed by atoms with Gasteiger partial charge in [-0.2, -0.15) is 0 Å². The molecule has 0 N–H and O–H groups in total. The normalized spacial score (nSPS) is 10.6. The van der Waals surface area contributed by atoms with Crippen LogP contribution in [0.25, 0.3) is 0 Å². The molecule has 0 aliphatic heterocycles. The second-order valence-electron chi connectivity index (χ2n) is 6.93. The zero-order valence-electron chi connectivity index (χ0n) is 16.4. The van der Waals surface area contributed by atoms with E-state index in [-0.39, 0.29) is 0 Å². The molecule has 0 saturated carbocycles. The Bertz CT molecular complexity index is 844. The van der Waals surface area contributed by atoms with Crippen molar-refractivity contribution in [3.05, 3.63) is 83.4 Å². The molecule has 0 spiro atoms. The summed E-state index contributed by atoms with van der Waals surface area (Å²) in [5.74, 6) is 1.70. The van der Waals surface area contributed by atoms with Crippen LogP contribution in [0.1, 0.15) is 28.9 Å². The van der Waals surface area contributed by atoms with Crippen molar-refractivity contribution in [1.82, 2.24) is 9.97 Å². The molecule has 4 heteroatoms. The van der Waals surface area contributed by atoms with E-state index >= 15 is 0 Å². The van der Waals surface area contributed by atoms with Crippen molar-refractivity contribution in [2.75, 3.05) is 18.6 Å². The highest BCUT2D eigenvalue weighted by molar-refractivity contribution is 5.50. The van der Waals surface area contributed by atoms with Crippen LogP contribution in [0.5, 0.6) is 5.75 Å². The number of aryl methyl sites for hydroxylation is 3. The molecule has 0 atom stereocenters. The van der Waals surface area contributed by atoms with Crippen molar-refractivity contribution in [3.8, 4) is 5.75 Å². The predicted octanol–water partition coefficient (Wildman–Crippen LogP) is 4.74. The first-order valence-electron chi connectivity index (χ1n) is 9.37. The lowest BCUT2D eigenvalue weighted by Gasteiger charge is -2.20. The van der Waals surface area contributed by atoms with E-state index < -0.39 is 0 Å². The minimum absolute atomic E-state index is 0.715. The highest BCUT2D eigenvalue weighted by atomic mass is 16.5. The van der Waals surface area contributed by atoms with Gasteiger partial charge in [-0.3, -0.25) is 0 Å². The van der Waals surface area contributed by atoms with Crippen molar-refractivity contribution in [2.24, 2.45) is 0 Å². The molecule has 0 aliphatic carbocycles. The lowest BCUT2D eigenvalue weighted by atomic mass is 10.1. The largest absolute Gasteiger partial charge is 0.494 e. The van der Waals surface area contributed by atoms with Crippen LogP contribution in [0, 0.1) is 13.8 Å². The van der Waals surface area contributed by atoms with Crippen molar-refractivity contribution in [1.29, 1.82) is 0 Å². The van der Waals surface area contributed by atoms with Gasteiger partial charge in [-0.25, -0.2) is 9.97 Å². The molecule has 140 valence electrons. The molecule has 1 heterocycles. The maximum atomic E-state index is 5.96. The summed E-state index contributed by atoms with van der Waals surface area (Å²) in [5, 5.41) is 0. The van der Waals surface area contributed by atoms with E-state index in [2.05, 4.69) is 65.2 Å². The van der Waals surface area contributed by atoms with E-state index in [1.165, 1.54) is 11.1 Å². The Morgan fingerprint density at radius 2 is 1.67 bits per heavy atom. The number of nitrogens with zero attached hydrogens (tertiary/aromatic N) is 3. The third-order valence-corrected chi connectivity index (χ3v) is 4.51. The van der Waals surface area contributed by atoms with Gasteiger partial charge in [-0.15, -0.1) is 0 Å². The van der Waals surface area contributed by atoms with Gasteiger partial charge in [-0.05, 0) is 44.4 Å². The fourth-order valence-electron chi connectivity index (χ4n) is 2.90. The zero-order chi connectivity index (χ0) is 19.1. The summed E-state index contributed by atoms with van der Waals surface area (Å²) in [6.07, 6.45) is 5.80. The molecule has 2 aromatic carbocycles. The van der Waals surface area contributed by atoms with E-state index in [0.29, 0.717) is 6.61 Å². The summed E-state index contributed by atoms with van der Waals surface area (Å²) >= 11 is 0. The fourth-order valence-corrected chi connectivity index (χ4v) is 2.90. The van der Waals surface area contributed by atoms with Crippen LogP contribution in [-0.4, -0.2) is 23.6 Å². The van der Waals surface area contributed by atoms with Gasteiger partial charge in [-0.1, -0.05) is 35.9 Å². The maximum Gasteiger partial charge on any atom is 0.125 e. The number of hydrogen-bond acceptors (Lipinski definition) is 4. The number of rotatable bonds is 8. The molecule has 3 rings (SSSR count). The Kier molecular flexibility index (Phi) is 6.42. The number of aromatic nitrogens is 2. The molecule has 0 radical (unpaired) electrons. The SMILES string of the molecule is Cc1ccc(CCCOc2cccc(N(C)Cc3cnc(C)nc3)c2)cc1. The highest BCUT2D eigenvalue weighted by Gasteiger charge is 2.05. The van der Waals surface area contributed by atoms with E-state index in [0.717, 1.165) is 42.2 Å². The number of hydrogen-bond donors (Lipinski definition) is 0. The molecule has 0 saturated heterocycles. The molecule has 0 aliphatic rings. The van der Waals surface area contributed by atoms with Crippen molar-refractivity contribution in [3.63, 3.8) is 0 Å². The van der Waals surface area contributed by atoms with Crippen LogP contribution in [-0.2, 0) is 13.0 Å². The minimum Gasteiger partial charge on any atom is -0.494 e. The summed E-state index contributed by atoms with van der Waals surface area (Å²) in [6, 6.07) is 16.9. The Hall–Kier alpha value is -2.88. The zero-order valence-corrected chi connectivity index (χ0v) is 16.4. The number of benzene rings is 2. The second-order valence-corrected chi connectivity index (χ2v) is 6.93. The summed E-state index contributed by atoms with van der Waals surface area (Å²) in [5.41, 5.74) is 4.87. The van der Waals surface area contributed by atoms with Crippen molar-refractivity contribution in [2.45, 2.75) is 33.2 Å². The molecule has 0 fully saturated rings. The van der Waals surface area contributed by atoms with Crippen LogP contribution in [0.2, 0.25) is 0 Å². The molecule has 3 aromatic rings. The first-order valence-corrected chi connectivity index (χ1v) is 9.37. The molecule has 0 unspecified atom stereocenters. The summed E-state index contributed by atoms with van der Waals surface area (Å²) in [7, 11) is 2.07. The number of ether oxygens (including phenoxy) is 1. The summed E-state index contributed by atoms with van der Waals surface area (Å²) in [4.78, 5) is 10.7. The third kappa shape index (κ3) is 5.81. The molecule has 0 bridgehead atoms. The van der Waals surface area contributed by atoms with Crippen LogP contribution >= 0.6 is 0 Å². The van der Waals surface area contributed by atoms with Crippen LogP contribution < -0.4 is 9.64 Å². The van der Waals surface area contributed by atoms with Crippen molar-refractivity contribution >= 4 is 5.69 Å². The molecular formula is C23H27N3O. The second kappa shape index (κ2) is 9.17. The standard InChI is InChI=1S/C23H27N3O/c1-18-9-11-20(12-10-18)6-5-13-27-23-8-4-7-22(14-23)26(3)17-21-15-24-19(2)25-16-21/h4,7-12,14-16H,5-6,13,17H2,1-3H3. The van der Waals surface area contributed by atoms with Gasteiger partial charge in [0.05, 0.1) is 6.61 Å². The van der Waals surface area contributed by atoms with E-state index in [9.17, 15) is 0 Å². The number of anilines is 1. The molecule has 27 heavy (non-hydrogen) atoms.